The van der Waals surface area contributed by atoms with Gasteiger partial charge >= 0.3 is 0 Å². The maximum atomic E-state index is 12.7. The lowest BCUT2D eigenvalue weighted by molar-refractivity contribution is -0.123. The molecule has 0 unspecified atom stereocenters. The number of piperidine rings is 1. The van der Waals surface area contributed by atoms with Crippen LogP contribution in [0.3, 0.4) is 0 Å². The molecule has 0 saturated carbocycles. The number of sulfonamides is 1. The molecule has 0 spiro atoms. The highest BCUT2D eigenvalue weighted by Crippen LogP contribution is 2.24. The van der Waals surface area contributed by atoms with Crippen molar-refractivity contribution in [2.45, 2.75) is 26.7 Å². The van der Waals surface area contributed by atoms with E-state index in [1.54, 1.807) is 18.0 Å². The summed E-state index contributed by atoms with van der Waals surface area (Å²) >= 11 is 3.33. The van der Waals surface area contributed by atoms with Crippen LogP contribution in [-0.2, 0) is 14.8 Å². The van der Waals surface area contributed by atoms with E-state index in [2.05, 4.69) is 20.9 Å². The first-order valence-electron chi connectivity index (χ1n) is 7.79. The SMILES string of the molecule is CCN(C(=O)C1CCN(S(=O)(=O)CC)CC1)c1ccc(Br)cn1. The maximum Gasteiger partial charge on any atom is 0.231 e. The lowest BCUT2D eigenvalue weighted by atomic mass is 9.96. The molecule has 1 saturated heterocycles. The summed E-state index contributed by atoms with van der Waals surface area (Å²) in [7, 11) is -3.16. The van der Waals surface area contributed by atoms with Gasteiger partial charge in [0.1, 0.15) is 5.82 Å². The molecule has 0 N–H and O–H groups in total. The number of hydrogen-bond donors (Lipinski definition) is 0. The molecule has 1 aliphatic heterocycles. The number of halogens is 1. The van der Waals surface area contributed by atoms with Crippen LogP contribution in [0.2, 0.25) is 0 Å². The first-order valence-corrected chi connectivity index (χ1v) is 10.2. The van der Waals surface area contributed by atoms with Crippen molar-refractivity contribution in [3.8, 4) is 0 Å². The van der Waals surface area contributed by atoms with Crippen molar-refractivity contribution in [3.05, 3.63) is 22.8 Å². The van der Waals surface area contributed by atoms with Crippen LogP contribution in [0.5, 0.6) is 0 Å². The average molecular weight is 404 g/mol. The van der Waals surface area contributed by atoms with E-state index in [9.17, 15) is 13.2 Å². The van der Waals surface area contributed by atoms with Gasteiger partial charge in [0.25, 0.3) is 0 Å². The summed E-state index contributed by atoms with van der Waals surface area (Å²) in [6.07, 6.45) is 2.79. The van der Waals surface area contributed by atoms with E-state index >= 15 is 0 Å². The Labute approximate surface area is 146 Å². The molecule has 128 valence electrons. The van der Waals surface area contributed by atoms with Crippen LogP contribution in [0.4, 0.5) is 5.82 Å². The summed E-state index contributed by atoms with van der Waals surface area (Å²) in [6.45, 7) is 4.93. The standard InChI is InChI=1S/C15H22BrN3O3S/c1-3-19(14-6-5-13(16)11-17-14)15(20)12-7-9-18(10-8-12)23(21,22)4-2/h5-6,11-12H,3-4,7-10H2,1-2H3. The molecule has 6 nitrogen and oxygen atoms in total. The zero-order valence-electron chi connectivity index (χ0n) is 13.4. The molecule has 8 heteroatoms. The van der Waals surface area contributed by atoms with E-state index in [0.29, 0.717) is 38.3 Å². The van der Waals surface area contributed by atoms with Gasteiger partial charge in [0.15, 0.2) is 0 Å². The topological polar surface area (TPSA) is 70.6 Å². The second-order valence-corrected chi connectivity index (χ2v) is 8.66. The van der Waals surface area contributed by atoms with Crippen molar-refractivity contribution in [2.24, 2.45) is 5.92 Å². The van der Waals surface area contributed by atoms with Crippen LogP contribution in [0.25, 0.3) is 0 Å². The summed E-state index contributed by atoms with van der Waals surface area (Å²) in [5.74, 6) is 0.610. The summed E-state index contributed by atoms with van der Waals surface area (Å²) in [4.78, 5) is 18.7. The minimum absolute atomic E-state index is 0.0240. The highest BCUT2D eigenvalue weighted by Gasteiger charge is 2.32. The number of pyridine rings is 1. The van der Waals surface area contributed by atoms with Gasteiger partial charge in [-0.3, -0.25) is 9.69 Å². The van der Waals surface area contributed by atoms with Crippen molar-refractivity contribution in [3.63, 3.8) is 0 Å². The smallest absolute Gasteiger partial charge is 0.231 e. The Morgan fingerprint density at radius 1 is 1.35 bits per heavy atom. The highest BCUT2D eigenvalue weighted by molar-refractivity contribution is 9.10. The largest absolute Gasteiger partial charge is 0.297 e. The Morgan fingerprint density at radius 3 is 2.48 bits per heavy atom. The summed E-state index contributed by atoms with van der Waals surface area (Å²) in [5.41, 5.74) is 0. The van der Waals surface area contributed by atoms with Gasteiger partial charge in [-0.2, -0.15) is 0 Å². The maximum absolute atomic E-state index is 12.7. The van der Waals surface area contributed by atoms with Gasteiger partial charge in [-0.25, -0.2) is 17.7 Å². The number of nitrogens with zero attached hydrogens (tertiary/aromatic N) is 3. The first-order chi connectivity index (χ1) is 10.9. The Hall–Kier alpha value is -0.990. The number of carbonyl (C=O) groups excluding carboxylic acids is 1. The second-order valence-electron chi connectivity index (χ2n) is 5.49. The van der Waals surface area contributed by atoms with Gasteiger partial charge in [0.2, 0.25) is 15.9 Å². The monoisotopic (exact) mass is 403 g/mol. The first kappa shape index (κ1) is 18.4. The van der Waals surface area contributed by atoms with Crippen LogP contribution in [-0.4, -0.2) is 49.0 Å². The van der Waals surface area contributed by atoms with Crippen molar-refractivity contribution in [1.29, 1.82) is 0 Å². The van der Waals surface area contributed by atoms with Crippen molar-refractivity contribution >= 4 is 37.7 Å². The Kier molecular flexibility index (Phi) is 6.16. The van der Waals surface area contributed by atoms with Gasteiger partial charge < -0.3 is 0 Å². The van der Waals surface area contributed by atoms with Gasteiger partial charge in [0.05, 0.1) is 5.75 Å². The molecule has 0 aromatic carbocycles. The lowest BCUT2D eigenvalue weighted by Crippen LogP contribution is -2.45. The molecule has 0 bridgehead atoms. The van der Waals surface area contributed by atoms with Gasteiger partial charge in [-0.1, -0.05) is 0 Å². The molecule has 0 radical (unpaired) electrons. The number of anilines is 1. The molecule has 23 heavy (non-hydrogen) atoms. The predicted molar refractivity (Wildman–Crippen MR) is 93.7 cm³/mol. The zero-order chi connectivity index (χ0) is 17.0. The van der Waals surface area contributed by atoms with Gasteiger partial charge in [0, 0.05) is 36.2 Å². The summed E-state index contributed by atoms with van der Waals surface area (Å²) < 4.78 is 26.1. The van der Waals surface area contributed by atoms with Crippen LogP contribution >= 0.6 is 15.9 Å². The van der Waals surface area contributed by atoms with Gasteiger partial charge in [-0.05, 0) is 54.8 Å². The second kappa shape index (κ2) is 7.72. The fraction of sp³-hybridized carbons (Fsp3) is 0.600. The molecule has 2 rings (SSSR count). The third-order valence-electron chi connectivity index (χ3n) is 4.13. The predicted octanol–water partition coefficient (Wildman–Crippen LogP) is 2.26. The molecule has 2 heterocycles. The Morgan fingerprint density at radius 2 is 2.00 bits per heavy atom. The molecular weight excluding hydrogens is 382 g/mol. The zero-order valence-corrected chi connectivity index (χ0v) is 15.8. The number of carbonyl (C=O) groups is 1. The fourth-order valence-electron chi connectivity index (χ4n) is 2.74. The normalized spacial score (nSPS) is 17.2. The molecule has 0 aliphatic carbocycles. The third-order valence-corrected chi connectivity index (χ3v) is 6.48. The van der Waals surface area contributed by atoms with Crippen molar-refractivity contribution < 1.29 is 13.2 Å². The number of aromatic nitrogens is 1. The van der Waals surface area contributed by atoms with Crippen LogP contribution in [0, 0.1) is 5.92 Å². The highest BCUT2D eigenvalue weighted by atomic mass is 79.9. The molecule has 1 fully saturated rings. The van der Waals surface area contributed by atoms with E-state index in [-0.39, 0.29) is 17.6 Å². The van der Waals surface area contributed by atoms with Crippen LogP contribution in [0.1, 0.15) is 26.7 Å². The van der Waals surface area contributed by atoms with Gasteiger partial charge in [-0.15, -0.1) is 0 Å². The van der Waals surface area contributed by atoms with E-state index in [1.165, 1.54) is 4.31 Å². The Balaban J connectivity index is 2.04. The molecule has 1 amide bonds. The summed E-state index contributed by atoms with van der Waals surface area (Å²) in [5, 5.41) is 0. The molecule has 1 aromatic heterocycles. The Bertz CT molecular complexity index is 640. The number of rotatable bonds is 5. The number of hydrogen-bond acceptors (Lipinski definition) is 4. The summed E-state index contributed by atoms with van der Waals surface area (Å²) in [6, 6.07) is 3.66. The quantitative estimate of drug-likeness (QED) is 0.755. The van der Waals surface area contributed by atoms with E-state index < -0.39 is 10.0 Å². The van der Waals surface area contributed by atoms with Crippen LogP contribution < -0.4 is 4.90 Å². The van der Waals surface area contributed by atoms with Crippen LogP contribution in [0.15, 0.2) is 22.8 Å². The lowest BCUT2D eigenvalue weighted by Gasteiger charge is -2.32. The minimum atomic E-state index is -3.16. The van der Waals surface area contributed by atoms with E-state index in [0.717, 1.165) is 4.47 Å². The molecule has 1 aromatic rings. The average Bonchev–Trinajstić information content (AvgIpc) is 2.57. The van der Waals surface area contributed by atoms with E-state index in [1.807, 2.05) is 19.1 Å². The third kappa shape index (κ3) is 4.30. The molecule has 0 atom stereocenters. The number of amides is 1. The minimum Gasteiger partial charge on any atom is -0.297 e. The van der Waals surface area contributed by atoms with Crippen molar-refractivity contribution in [1.82, 2.24) is 9.29 Å². The molecule has 1 aliphatic rings. The molecular formula is C15H22BrN3O3S. The fourth-order valence-corrected chi connectivity index (χ4v) is 4.11. The van der Waals surface area contributed by atoms with Crippen molar-refractivity contribution in [2.75, 3.05) is 30.3 Å². The van der Waals surface area contributed by atoms with E-state index in [4.69, 9.17) is 0 Å².